The van der Waals surface area contributed by atoms with Gasteiger partial charge in [-0.3, -0.25) is 4.98 Å². The van der Waals surface area contributed by atoms with E-state index in [4.69, 9.17) is 0 Å². The highest BCUT2D eigenvalue weighted by Gasteiger charge is 2.32. The molecule has 1 rings (SSSR count). The second-order valence-electron chi connectivity index (χ2n) is 4.72. The van der Waals surface area contributed by atoms with Crippen molar-refractivity contribution in [3.63, 3.8) is 0 Å². The molecule has 102 valence electrons. The Hall–Kier alpha value is -1.06. The molecule has 0 aromatic carbocycles. The van der Waals surface area contributed by atoms with E-state index in [1.165, 1.54) is 25.5 Å². The Bertz CT molecular complexity index is 343. The van der Waals surface area contributed by atoms with E-state index in [-0.39, 0.29) is 5.92 Å². The molecule has 0 saturated heterocycles. The third-order valence-corrected chi connectivity index (χ3v) is 3.14. The first kappa shape index (κ1) is 15.0. The zero-order chi connectivity index (χ0) is 13.6. The van der Waals surface area contributed by atoms with Gasteiger partial charge in [-0.15, -0.1) is 0 Å². The molecular weight excluding hydrogens is 239 g/mol. The van der Waals surface area contributed by atoms with Crippen LogP contribution in [0.2, 0.25) is 0 Å². The first-order valence-corrected chi connectivity index (χ1v) is 6.48. The average molecular weight is 259 g/mol. The van der Waals surface area contributed by atoms with Crippen molar-refractivity contribution >= 4 is 0 Å². The SMILES string of the molecule is CCCCCCC(C)c1ccc(C(F)(F)F)nc1. The number of alkyl halides is 3. The quantitative estimate of drug-likeness (QED) is 0.642. The van der Waals surface area contributed by atoms with Gasteiger partial charge < -0.3 is 0 Å². The van der Waals surface area contributed by atoms with Gasteiger partial charge in [0.05, 0.1) is 0 Å². The van der Waals surface area contributed by atoms with Gasteiger partial charge in [0.2, 0.25) is 0 Å². The topological polar surface area (TPSA) is 12.9 Å². The van der Waals surface area contributed by atoms with Crippen molar-refractivity contribution in [2.24, 2.45) is 0 Å². The lowest BCUT2D eigenvalue weighted by Crippen LogP contribution is -2.08. The lowest BCUT2D eigenvalue weighted by molar-refractivity contribution is -0.141. The summed E-state index contributed by atoms with van der Waals surface area (Å²) in [5.41, 5.74) is 0.0731. The second-order valence-corrected chi connectivity index (χ2v) is 4.72. The molecule has 0 bridgehead atoms. The van der Waals surface area contributed by atoms with E-state index in [0.717, 1.165) is 24.5 Å². The second kappa shape index (κ2) is 6.76. The molecule has 1 unspecified atom stereocenters. The molecule has 0 aliphatic carbocycles. The highest BCUT2D eigenvalue weighted by molar-refractivity contribution is 5.19. The summed E-state index contributed by atoms with van der Waals surface area (Å²) in [6, 6.07) is 2.61. The van der Waals surface area contributed by atoms with Crippen molar-refractivity contribution in [1.29, 1.82) is 0 Å². The van der Waals surface area contributed by atoms with Gasteiger partial charge in [0.15, 0.2) is 0 Å². The highest BCUT2D eigenvalue weighted by Crippen LogP contribution is 2.29. The average Bonchev–Trinajstić information content (AvgIpc) is 2.33. The highest BCUT2D eigenvalue weighted by atomic mass is 19.4. The van der Waals surface area contributed by atoms with Crippen LogP contribution in [0.25, 0.3) is 0 Å². The molecule has 18 heavy (non-hydrogen) atoms. The summed E-state index contributed by atoms with van der Waals surface area (Å²) in [5, 5.41) is 0. The maximum atomic E-state index is 12.3. The summed E-state index contributed by atoms with van der Waals surface area (Å²) in [5.74, 6) is 0.275. The third-order valence-electron chi connectivity index (χ3n) is 3.14. The normalized spacial score (nSPS) is 13.6. The summed E-state index contributed by atoms with van der Waals surface area (Å²) in [4.78, 5) is 3.49. The number of hydrogen-bond acceptors (Lipinski definition) is 1. The van der Waals surface area contributed by atoms with Gasteiger partial charge >= 0.3 is 6.18 Å². The van der Waals surface area contributed by atoms with Crippen LogP contribution in [-0.2, 0) is 6.18 Å². The standard InChI is InChI=1S/C14H20F3N/c1-3-4-5-6-7-11(2)12-8-9-13(18-10-12)14(15,16)17/h8-11H,3-7H2,1-2H3. The van der Waals surface area contributed by atoms with E-state index in [1.54, 1.807) is 6.07 Å². The minimum Gasteiger partial charge on any atom is -0.251 e. The van der Waals surface area contributed by atoms with E-state index < -0.39 is 11.9 Å². The maximum Gasteiger partial charge on any atom is 0.433 e. The molecule has 0 amide bonds. The van der Waals surface area contributed by atoms with Gasteiger partial charge in [-0.1, -0.05) is 45.6 Å². The van der Waals surface area contributed by atoms with Crippen molar-refractivity contribution < 1.29 is 13.2 Å². The first-order valence-electron chi connectivity index (χ1n) is 6.48. The molecule has 0 aliphatic heterocycles. The Kier molecular flexibility index (Phi) is 5.63. The Labute approximate surface area is 106 Å². The van der Waals surface area contributed by atoms with Crippen molar-refractivity contribution in [2.75, 3.05) is 0 Å². The molecule has 0 N–H and O–H groups in total. The predicted molar refractivity (Wildman–Crippen MR) is 66.4 cm³/mol. The fourth-order valence-electron chi connectivity index (χ4n) is 1.91. The monoisotopic (exact) mass is 259 g/mol. The number of rotatable bonds is 6. The summed E-state index contributed by atoms with van der Waals surface area (Å²) in [6.07, 6.45) is 2.74. The van der Waals surface area contributed by atoms with Crippen LogP contribution in [0.1, 0.15) is 63.1 Å². The van der Waals surface area contributed by atoms with Crippen LogP contribution in [0.4, 0.5) is 13.2 Å². The maximum absolute atomic E-state index is 12.3. The van der Waals surface area contributed by atoms with Gasteiger partial charge in [-0.25, -0.2) is 0 Å². The molecule has 1 aromatic rings. The van der Waals surface area contributed by atoms with E-state index in [2.05, 4.69) is 11.9 Å². The summed E-state index contributed by atoms with van der Waals surface area (Å²) in [6.45, 7) is 4.19. The summed E-state index contributed by atoms with van der Waals surface area (Å²) in [7, 11) is 0. The third kappa shape index (κ3) is 4.67. The van der Waals surface area contributed by atoms with Gasteiger partial charge in [0.1, 0.15) is 5.69 Å². The molecule has 0 aliphatic rings. The van der Waals surface area contributed by atoms with Crippen molar-refractivity contribution in [3.05, 3.63) is 29.6 Å². The Morgan fingerprint density at radius 1 is 1.17 bits per heavy atom. The zero-order valence-corrected chi connectivity index (χ0v) is 10.9. The number of unbranched alkanes of at least 4 members (excludes halogenated alkanes) is 3. The van der Waals surface area contributed by atoms with Gasteiger partial charge in [0.25, 0.3) is 0 Å². The molecule has 1 nitrogen and oxygen atoms in total. The summed E-state index contributed by atoms with van der Waals surface area (Å²) < 4.78 is 37.0. The number of aromatic nitrogens is 1. The van der Waals surface area contributed by atoms with Gasteiger partial charge in [0, 0.05) is 6.20 Å². The number of hydrogen-bond donors (Lipinski definition) is 0. The van der Waals surface area contributed by atoms with E-state index in [0.29, 0.717) is 0 Å². The number of halogens is 3. The van der Waals surface area contributed by atoms with Crippen LogP contribution in [0.15, 0.2) is 18.3 Å². The fraction of sp³-hybridized carbons (Fsp3) is 0.643. The minimum atomic E-state index is -4.34. The Balaban J connectivity index is 2.51. The predicted octanol–water partition coefficient (Wildman–Crippen LogP) is 5.17. The molecule has 0 fully saturated rings. The zero-order valence-electron chi connectivity index (χ0n) is 10.9. The van der Waals surface area contributed by atoms with Crippen LogP contribution in [0.3, 0.4) is 0 Å². The molecule has 0 spiro atoms. The van der Waals surface area contributed by atoms with E-state index >= 15 is 0 Å². The molecule has 1 atom stereocenters. The minimum absolute atomic E-state index is 0.275. The molecular formula is C14H20F3N. The smallest absolute Gasteiger partial charge is 0.251 e. The van der Waals surface area contributed by atoms with E-state index in [1.807, 2.05) is 6.92 Å². The Morgan fingerprint density at radius 2 is 1.89 bits per heavy atom. The fourth-order valence-corrected chi connectivity index (χ4v) is 1.91. The lowest BCUT2D eigenvalue weighted by Gasteiger charge is -2.12. The molecule has 1 aromatic heterocycles. The largest absolute Gasteiger partial charge is 0.433 e. The molecule has 0 saturated carbocycles. The molecule has 1 heterocycles. The van der Waals surface area contributed by atoms with Crippen molar-refractivity contribution in [2.45, 2.75) is 58.0 Å². The summed E-state index contributed by atoms with van der Waals surface area (Å²) >= 11 is 0. The lowest BCUT2D eigenvalue weighted by atomic mass is 9.96. The van der Waals surface area contributed by atoms with Crippen LogP contribution in [0.5, 0.6) is 0 Å². The number of nitrogens with zero attached hydrogens (tertiary/aromatic N) is 1. The van der Waals surface area contributed by atoms with Crippen LogP contribution in [-0.4, -0.2) is 4.98 Å². The first-order chi connectivity index (χ1) is 8.45. The number of pyridine rings is 1. The Morgan fingerprint density at radius 3 is 2.39 bits per heavy atom. The van der Waals surface area contributed by atoms with Crippen LogP contribution >= 0.6 is 0 Å². The van der Waals surface area contributed by atoms with Crippen molar-refractivity contribution in [3.8, 4) is 0 Å². The van der Waals surface area contributed by atoms with Crippen LogP contribution < -0.4 is 0 Å². The molecule has 4 heteroatoms. The van der Waals surface area contributed by atoms with Gasteiger partial charge in [-0.2, -0.15) is 13.2 Å². The molecule has 0 radical (unpaired) electrons. The van der Waals surface area contributed by atoms with E-state index in [9.17, 15) is 13.2 Å². The van der Waals surface area contributed by atoms with Gasteiger partial charge in [-0.05, 0) is 24.0 Å². The van der Waals surface area contributed by atoms with Crippen molar-refractivity contribution in [1.82, 2.24) is 4.98 Å². The van der Waals surface area contributed by atoms with Crippen LogP contribution in [0, 0.1) is 0 Å².